The van der Waals surface area contributed by atoms with Gasteiger partial charge in [-0.1, -0.05) is 55.4 Å². The monoisotopic (exact) mass is 527 g/mol. The number of ether oxygens (including phenoxy) is 1. The van der Waals surface area contributed by atoms with Crippen LogP contribution in [-0.2, 0) is 9.53 Å². The van der Waals surface area contributed by atoms with Crippen LogP contribution < -0.4 is 5.32 Å². The van der Waals surface area contributed by atoms with Crippen LogP contribution >= 0.6 is 0 Å². The lowest BCUT2D eigenvalue weighted by atomic mass is 9.31. The highest BCUT2D eigenvalue weighted by molar-refractivity contribution is 5.45. The normalized spacial score (nSPS) is 61.1. The van der Waals surface area contributed by atoms with Gasteiger partial charge in [0.05, 0.1) is 17.3 Å². The van der Waals surface area contributed by atoms with Crippen molar-refractivity contribution in [1.82, 2.24) is 5.32 Å². The van der Waals surface area contributed by atoms with E-state index < -0.39 is 0 Å². The maximum absolute atomic E-state index is 10.8. The summed E-state index contributed by atoms with van der Waals surface area (Å²) in [6, 6.07) is 0. The van der Waals surface area contributed by atoms with Gasteiger partial charge in [0.15, 0.2) is 0 Å². The summed E-state index contributed by atoms with van der Waals surface area (Å²) in [5, 5.41) is 13.6. The van der Waals surface area contributed by atoms with E-state index in [9.17, 15) is 9.90 Å². The van der Waals surface area contributed by atoms with Crippen LogP contribution in [0.1, 0.15) is 133 Å². The predicted octanol–water partition coefficient (Wildman–Crippen LogP) is 7.28. The molecule has 0 aromatic rings. The van der Waals surface area contributed by atoms with Gasteiger partial charge in [0, 0.05) is 17.4 Å². The van der Waals surface area contributed by atoms with Crippen LogP contribution in [-0.4, -0.2) is 35.4 Å². The van der Waals surface area contributed by atoms with Crippen LogP contribution in [0.25, 0.3) is 0 Å². The number of nitrogens with one attached hydrogen (secondary N) is 1. The molecule has 4 nitrogen and oxygen atoms in total. The number of carbonyl (C=O) groups excluding carboxylic acids is 1. The van der Waals surface area contributed by atoms with Gasteiger partial charge in [-0.2, -0.15) is 0 Å². The molecule has 1 saturated heterocycles. The van der Waals surface area contributed by atoms with Gasteiger partial charge in [-0.15, -0.1) is 0 Å². The summed E-state index contributed by atoms with van der Waals surface area (Å²) in [6.45, 7) is 24.0. The molecule has 0 aromatic carbocycles. The molecule has 38 heavy (non-hydrogen) atoms. The van der Waals surface area contributed by atoms with E-state index >= 15 is 0 Å². The van der Waals surface area contributed by atoms with Gasteiger partial charge >= 0.3 is 0 Å². The molecule has 1 aliphatic heterocycles. The van der Waals surface area contributed by atoms with Crippen molar-refractivity contribution in [2.75, 3.05) is 6.54 Å². The first-order chi connectivity index (χ1) is 17.5. The molecule has 2 N–H and O–H groups in total. The van der Waals surface area contributed by atoms with E-state index in [4.69, 9.17) is 4.74 Å². The highest BCUT2D eigenvalue weighted by Gasteiger charge is 2.92. The number of rotatable bonds is 6. The highest BCUT2D eigenvalue weighted by atomic mass is 16.5. The minimum atomic E-state index is -0.116. The Hall–Kier alpha value is -0.610. The molecule has 0 aromatic heterocycles. The van der Waals surface area contributed by atoms with Gasteiger partial charge < -0.3 is 15.2 Å². The molecule has 1 unspecified atom stereocenters. The number of fused-ring (bicyclic) bond motifs is 9. The highest BCUT2D eigenvalue weighted by Crippen LogP contribution is 2.92. The van der Waals surface area contributed by atoms with E-state index in [-0.39, 0.29) is 49.8 Å². The van der Waals surface area contributed by atoms with Crippen molar-refractivity contribution >= 4 is 6.41 Å². The zero-order chi connectivity index (χ0) is 27.8. The summed E-state index contributed by atoms with van der Waals surface area (Å²) >= 11 is 0. The number of hydrogen-bond donors (Lipinski definition) is 2. The first kappa shape index (κ1) is 27.6. The number of carbonyl (C=O) groups is 1. The summed E-state index contributed by atoms with van der Waals surface area (Å²) in [5.74, 6) is 1.18. The fourth-order valence-electron chi connectivity index (χ4n) is 13.7. The third-order valence-electron chi connectivity index (χ3n) is 16.7. The average molecular weight is 528 g/mol. The van der Waals surface area contributed by atoms with E-state index in [2.05, 4.69) is 67.6 Å². The SMILES string of the molecule is C[C@@H](CC[C@@]12C[C@@]1(C)[C@@]1(C)[C@@]3(C)CC[C@@]4(C)C(CC[C@@]5(C)C[C@@H](O)CC[C@@]54C)[C@]3(C)C[C@@]1(C)O2)CNC=O. The molecule has 6 rings (SSSR count). The molecule has 6 aliphatic rings. The lowest BCUT2D eigenvalue weighted by Crippen LogP contribution is -2.67. The zero-order valence-corrected chi connectivity index (χ0v) is 26.1. The van der Waals surface area contributed by atoms with Gasteiger partial charge in [-0.05, 0) is 116 Å². The minimum Gasteiger partial charge on any atom is -0.393 e. The Morgan fingerprint density at radius 2 is 1.61 bits per heavy atom. The Balaban J connectivity index is 1.34. The Bertz CT molecular complexity index is 1030. The molecule has 0 spiro atoms. The van der Waals surface area contributed by atoms with E-state index in [1.807, 2.05) is 0 Å². The van der Waals surface area contributed by atoms with Gasteiger partial charge in [0.2, 0.25) is 6.41 Å². The van der Waals surface area contributed by atoms with E-state index in [0.29, 0.717) is 17.3 Å². The molecule has 0 bridgehead atoms. The van der Waals surface area contributed by atoms with Crippen LogP contribution in [0, 0.1) is 49.7 Å². The number of hydrogen-bond acceptors (Lipinski definition) is 3. The number of amides is 1. The third kappa shape index (κ3) is 2.71. The summed E-state index contributed by atoms with van der Waals surface area (Å²) < 4.78 is 7.47. The van der Waals surface area contributed by atoms with Crippen LogP contribution in [0.3, 0.4) is 0 Å². The second-order valence-corrected chi connectivity index (χ2v) is 17.4. The summed E-state index contributed by atoms with van der Waals surface area (Å²) in [7, 11) is 0. The van der Waals surface area contributed by atoms with Gasteiger partial charge in [-0.25, -0.2) is 0 Å². The van der Waals surface area contributed by atoms with Crippen molar-refractivity contribution in [3.63, 3.8) is 0 Å². The van der Waals surface area contributed by atoms with Crippen molar-refractivity contribution in [3.05, 3.63) is 0 Å². The maximum atomic E-state index is 10.8. The second kappa shape index (κ2) is 7.61. The molecule has 6 fully saturated rings. The molecule has 5 aliphatic carbocycles. The quantitative estimate of drug-likeness (QED) is 0.357. The van der Waals surface area contributed by atoms with Crippen molar-refractivity contribution < 1.29 is 14.6 Å². The lowest BCUT2D eigenvalue weighted by Gasteiger charge is -2.73. The van der Waals surface area contributed by atoms with Crippen molar-refractivity contribution in [1.29, 1.82) is 0 Å². The molecule has 1 heterocycles. The molecule has 0 radical (unpaired) electrons. The van der Waals surface area contributed by atoms with Crippen LogP contribution in [0.2, 0.25) is 0 Å². The maximum Gasteiger partial charge on any atom is 0.207 e. The van der Waals surface area contributed by atoms with E-state index in [1.54, 1.807) is 0 Å². The Kier molecular flexibility index (Phi) is 5.52. The van der Waals surface area contributed by atoms with Gasteiger partial charge in [-0.3, -0.25) is 4.79 Å². The lowest BCUT2D eigenvalue weighted by molar-refractivity contribution is -0.254. The standard InChI is InChI=1S/C34H57NO3/c1-23(19-35-22-36)10-15-34-21-31(34,7)33(9)30(6)17-16-27(3)25(28(30,4)20-32(33,8)38-34)12-13-26(2)18-24(37)11-14-29(26,27)5/h22-25,37H,10-21H2,1-9H3,(H,35,36)/t23-,24-,25?,26-,27-,28-,29-,30-,31-,32+,33+,34+/m0/s1. The van der Waals surface area contributed by atoms with Crippen molar-refractivity contribution in [3.8, 4) is 0 Å². The molecule has 1 amide bonds. The second-order valence-electron chi connectivity index (χ2n) is 17.4. The Morgan fingerprint density at radius 3 is 2.29 bits per heavy atom. The average Bonchev–Trinajstić information content (AvgIpc) is 3.34. The number of aliphatic hydroxyl groups excluding tert-OH is 1. The first-order valence-corrected chi connectivity index (χ1v) is 16.0. The fraction of sp³-hybridized carbons (Fsp3) is 0.971. The summed E-state index contributed by atoms with van der Waals surface area (Å²) in [4.78, 5) is 10.8. The summed E-state index contributed by atoms with van der Waals surface area (Å²) in [6.07, 6.45) is 13.6. The van der Waals surface area contributed by atoms with Crippen LogP contribution in [0.5, 0.6) is 0 Å². The fourth-order valence-corrected chi connectivity index (χ4v) is 13.7. The zero-order valence-electron chi connectivity index (χ0n) is 26.1. The topological polar surface area (TPSA) is 58.6 Å². The predicted molar refractivity (Wildman–Crippen MR) is 152 cm³/mol. The van der Waals surface area contributed by atoms with Crippen molar-refractivity contribution in [2.45, 2.75) is 150 Å². The molecule has 4 heteroatoms. The van der Waals surface area contributed by atoms with Crippen molar-refractivity contribution in [2.24, 2.45) is 49.7 Å². The minimum absolute atomic E-state index is 0.00759. The largest absolute Gasteiger partial charge is 0.393 e. The molecule has 5 saturated carbocycles. The number of aliphatic hydroxyl groups is 1. The summed E-state index contributed by atoms with van der Waals surface area (Å²) in [5.41, 5.74) is 1.61. The molecule has 216 valence electrons. The van der Waals surface area contributed by atoms with Crippen LogP contribution in [0.15, 0.2) is 0 Å². The third-order valence-corrected chi connectivity index (χ3v) is 16.7. The van der Waals surface area contributed by atoms with Crippen LogP contribution in [0.4, 0.5) is 0 Å². The molecular formula is C34H57NO3. The molecule has 12 atom stereocenters. The Labute approximate surface area is 232 Å². The Morgan fingerprint density at radius 1 is 0.895 bits per heavy atom. The molecular weight excluding hydrogens is 470 g/mol. The van der Waals surface area contributed by atoms with E-state index in [1.165, 1.54) is 44.9 Å². The smallest absolute Gasteiger partial charge is 0.207 e. The van der Waals surface area contributed by atoms with Gasteiger partial charge in [0.1, 0.15) is 0 Å². The van der Waals surface area contributed by atoms with Gasteiger partial charge in [0.25, 0.3) is 0 Å². The first-order valence-electron chi connectivity index (χ1n) is 16.0. The van der Waals surface area contributed by atoms with E-state index in [0.717, 1.165) is 38.6 Å².